The van der Waals surface area contributed by atoms with Crippen LogP contribution in [0, 0.1) is 0 Å². The normalized spacial score (nSPS) is 11.6. The van der Waals surface area contributed by atoms with Crippen molar-refractivity contribution in [3.63, 3.8) is 0 Å². The molecule has 0 aliphatic heterocycles. The Morgan fingerprint density at radius 3 is 2.59 bits per heavy atom. The summed E-state index contributed by atoms with van der Waals surface area (Å²) in [5, 5.41) is 12.9. The van der Waals surface area contributed by atoms with Gasteiger partial charge >= 0.3 is 0 Å². The second-order valence-electron chi connectivity index (χ2n) is 8.46. The van der Waals surface area contributed by atoms with Crippen molar-refractivity contribution in [3.05, 3.63) is 108 Å². The molecule has 5 aromatic rings. The first-order valence-corrected chi connectivity index (χ1v) is 12.0. The van der Waals surface area contributed by atoms with Crippen LogP contribution in [0.2, 0.25) is 5.02 Å². The minimum atomic E-state index is -3.06. The Labute approximate surface area is 217 Å². The monoisotopic (exact) mass is 520 g/mol. The fraction of sp³-hybridized carbons (Fsp3) is 0.143. The number of fused-ring (bicyclic) bond motifs is 1. The number of benzene rings is 3. The predicted octanol–water partition coefficient (Wildman–Crippen LogP) is 6.95. The lowest BCUT2D eigenvalue weighted by Crippen LogP contribution is -2.16. The summed E-state index contributed by atoms with van der Waals surface area (Å²) >= 11 is 6.48. The van der Waals surface area contributed by atoms with Crippen molar-refractivity contribution in [3.8, 4) is 11.5 Å². The number of aliphatic hydroxyl groups is 1. The third kappa shape index (κ3) is 5.55. The van der Waals surface area contributed by atoms with Gasteiger partial charge in [-0.25, -0.2) is 18.7 Å². The molecule has 6 nitrogen and oxygen atoms in total. The van der Waals surface area contributed by atoms with Crippen LogP contribution in [0.3, 0.4) is 0 Å². The van der Waals surface area contributed by atoms with Gasteiger partial charge in [0.25, 0.3) is 5.92 Å². The van der Waals surface area contributed by atoms with Crippen molar-refractivity contribution in [1.82, 2.24) is 14.5 Å². The van der Waals surface area contributed by atoms with E-state index in [4.69, 9.17) is 16.3 Å². The zero-order valence-corrected chi connectivity index (χ0v) is 20.4. The quantitative estimate of drug-likeness (QED) is 0.220. The van der Waals surface area contributed by atoms with E-state index in [-0.39, 0.29) is 17.9 Å². The van der Waals surface area contributed by atoms with Crippen molar-refractivity contribution < 1.29 is 18.6 Å². The van der Waals surface area contributed by atoms with E-state index in [9.17, 15) is 13.9 Å². The maximum Gasteiger partial charge on any atom is 0.277 e. The van der Waals surface area contributed by atoms with Gasteiger partial charge in [-0.15, -0.1) is 0 Å². The SMILES string of the molecule is OCCn1ccc2ncnc(Nc3ccc(Oc4cccc(C(F)(F)Cc5ccccc5)c4)c(Cl)c3)c21. The molecule has 0 aliphatic carbocycles. The largest absolute Gasteiger partial charge is 0.456 e. The predicted molar refractivity (Wildman–Crippen MR) is 140 cm³/mol. The number of halogens is 3. The van der Waals surface area contributed by atoms with Crippen molar-refractivity contribution in [2.45, 2.75) is 18.9 Å². The molecule has 2 aromatic heterocycles. The Bertz CT molecular complexity index is 1530. The highest BCUT2D eigenvalue weighted by Gasteiger charge is 2.32. The van der Waals surface area contributed by atoms with Crippen LogP contribution in [-0.2, 0) is 18.9 Å². The van der Waals surface area contributed by atoms with E-state index >= 15 is 0 Å². The van der Waals surface area contributed by atoms with Gasteiger partial charge in [0.05, 0.1) is 17.1 Å². The second-order valence-corrected chi connectivity index (χ2v) is 8.86. The van der Waals surface area contributed by atoms with Gasteiger partial charge in [-0.3, -0.25) is 0 Å². The Morgan fingerprint density at radius 2 is 1.81 bits per heavy atom. The van der Waals surface area contributed by atoms with E-state index in [2.05, 4.69) is 15.3 Å². The molecule has 2 N–H and O–H groups in total. The number of nitrogens with zero attached hydrogens (tertiary/aromatic N) is 3. The van der Waals surface area contributed by atoms with Crippen LogP contribution in [0.15, 0.2) is 91.4 Å². The Kier molecular flexibility index (Phi) is 7.03. The fourth-order valence-corrected chi connectivity index (χ4v) is 4.30. The number of hydrogen-bond acceptors (Lipinski definition) is 5. The van der Waals surface area contributed by atoms with Gasteiger partial charge in [0, 0.05) is 30.4 Å². The number of ether oxygens (including phenoxy) is 1. The lowest BCUT2D eigenvalue weighted by molar-refractivity contribution is -0.00398. The number of nitrogens with one attached hydrogen (secondary N) is 1. The molecule has 0 bridgehead atoms. The first kappa shape index (κ1) is 24.7. The summed E-state index contributed by atoms with van der Waals surface area (Å²) in [6, 6.07) is 21.4. The van der Waals surface area contributed by atoms with Gasteiger partial charge in [-0.05, 0) is 42.0 Å². The third-order valence-electron chi connectivity index (χ3n) is 5.84. The van der Waals surface area contributed by atoms with E-state index in [1.807, 2.05) is 16.8 Å². The van der Waals surface area contributed by atoms with E-state index < -0.39 is 12.3 Å². The van der Waals surface area contributed by atoms with E-state index in [0.29, 0.717) is 34.4 Å². The number of alkyl halides is 2. The first-order chi connectivity index (χ1) is 17.9. The van der Waals surface area contributed by atoms with Crippen LogP contribution < -0.4 is 10.1 Å². The van der Waals surface area contributed by atoms with Gasteiger partial charge in [0.15, 0.2) is 5.82 Å². The summed E-state index contributed by atoms with van der Waals surface area (Å²) in [5.74, 6) is -1.92. The van der Waals surface area contributed by atoms with Crippen LogP contribution >= 0.6 is 11.6 Å². The Morgan fingerprint density at radius 1 is 0.973 bits per heavy atom. The standard InChI is InChI=1S/C28H23ClF2N4O2/c29-23-16-21(34-27-26-24(32-18-33-27)11-12-35(26)13-14-36)9-10-25(23)37-22-8-4-7-20(15-22)28(30,31)17-19-5-2-1-3-6-19/h1-12,15-16,18,36H,13-14,17H2,(H,32,33,34). The molecule has 5 rings (SSSR count). The van der Waals surface area contributed by atoms with Gasteiger partial charge in [-0.2, -0.15) is 0 Å². The molecule has 0 fully saturated rings. The highest BCUT2D eigenvalue weighted by atomic mass is 35.5. The zero-order chi connectivity index (χ0) is 25.8. The maximum atomic E-state index is 14.9. The molecule has 0 atom stereocenters. The second kappa shape index (κ2) is 10.5. The third-order valence-corrected chi connectivity index (χ3v) is 6.13. The van der Waals surface area contributed by atoms with Gasteiger partial charge in [-0.1, -0.05) is 54.1 Å². The zero-order valence-electron chi connectivity index (χ0n) is 19.6. The average Bonchev–Trinajstić information content (AvgIpc) is 3.30. The Balaban J connectivity index is 1.34. The van der Waals surface area contributed by atoms with Crippen LogP contribution in [-0.4, -0.2) is 26.2 Å². The van der Waals surface area contributed by atoms with Gasteiger partial charge in [0.2, 0.25) is 0 Å². The van der Waals surface area contributed by atoms with Crippen molar-refractivity contribution in [2.75, 3.05) is 11.9 Å². The minimum absolute atomic E-state index is 0.0185. The molecule has 0 saturated heterocycles. The first-order valence-electron chi connectivity index (χ1n) is 11.6. The van der Waals surface area contributed by atoms with Crippen LogP contribution in [0.4, 0.5) is 20.3 Å². The van der Waals surface area contributed by atoms with Crippen molar-refractivity contribution in [2.24, 2.45) is 0 Å². The molecule has 0 radical (unpaired) electrons. The summed E-state index contributed by atoms with van der Waals surface area (Å²) < 4.78 is 37.6. The average molecular weight is 521 g/mol. The van der Waals surface area contributed by atoms with Crippen LogP contribution in [0.5, 0.6) is 11.5 Å². The minimum Gasteiger partial charge on any atom is -0.456 e. The smallest absolute Gasteiger partial charge is 0.277 e. The summed E-state index contributed by atoms with van der Waals surface area (Å²) in [6.45, 7) is 0.387. The maximum absolute atomic E-state index is 14.9. The van der Waals surface area contributed by atoms with E-state index in [1.165, 1.54) is 24.5 Å². The number of aliphatic hydroxyl groups excluding tert-OH is 1. The summed E-state index contributed by atoms with van der Waals surface area (Å²) in [5.41, 5.74) is 2.55. The molecule has 0 unspecified atom stereocenters. The van der Waals surface area contributed by atoms with Gasteiger partial charge < -0.3 is 19.7 Å². The number of rotatable bonds is 9. The molecule has 0 aliphatic rings. The summed E-state index contributed by atoms with van der Waals surface area (Å²) in [7, 11) is 0. The molecule has 37 heavy (non-hydrogen) atoms. The summed E-state index contributed by atoms with van der Waals surface area (Å²) in [4.78, 5) is 8.59. The molecular weight excluding hydrogens is 498 g/mol. The molecule has 188 valence electrons. The number of hydrogen-bond donors (Lipinski definition) is 2. The number of anilines is 2. The molecule has 3 aromatic carbocycles. The van der Waals surface area contributed by atoms with E-state index in [1.54, 1.807) is 54.6 Å². The molecule has 0 saturated carbocycles. The molecule has 2 heterocycles. The van der Waals surface area contributed by atoms with E-state index in [0.717, 1.165) is 11.0 Å². The van der Waals surface area contributed by atoms with Crippen LogP contribution in [0.25, 0.3) is 11.0 Å². The lowest BCUT2D eigenvalue weighted by atomic mass is 10.0. The molecule has 0 spiro atoms. The van der Waals surface area contributed by atoms with Crippen molar-refractivity contribution in [1.29, 1.82) is 0 Å². The lowest BCUT2D eigenvalue weighted by Gasteiger charge is -2.18. The Hall–Kier alpha value is -4.01. The van der Waals surface area contributed by atoms with Gasteiger partial charge in [0.1, 0.15) is 23.3 Å². The molecule has 0 amide bonds. The molecular formula is C28H23ClF2N4O2. The fourth-order valence-electron chi connectivity index (χ4n) is 4.08. The van der Waals surface area contributed by atoms with Crippen LogP contribution in [0.1, 0.15) is 11.1 Å². The summed E-state index contributed by atoms with van der Waals surface area (Å²) in [6.07, 6.45) is 2.88. The van der Waals surface area contributed by atoms with Crippen molar-refractivity contribution >= 4 is 34.1 Å². The topological polar surface area (TPSA) is 72.2 Å². The highest BCUT2D eigenvalue weighted by Crippen LogP contribution is 2.37. The highest BCUT2D eigenvalue weighted by molar-refractivity contribution is 6.32. The molecule has 9 heteroatoms. The number of aromatic nitrogens is 3.